The van der Waals surface area contributed by atoms with Gasteiger partial charge in [0.15, 0.2) is 5.96 Å². The molecule has 1 aromatic carbocycles. The fourth-order valence-corrected chi connectivity index (χ4v) is 2.51. The van der Waals surface area contributed by atoms with Crippen LogP contribution in [0, 0.1) is 0 Å². The molecular formula is C16H23N3O3. The van der Waals surface area contributed by atoms with Crippen LogP contribution in [0.4, 0.5) is 0 Å². The Morgan fingerprint density at radius 3 is 2.64 bits per heavy atom. The van der Waals surface area contributed by atoms with Gasteiger partial charge in [0.1, 0.15) is 11.3 Å². The molecule has 2 rings (SSSR count). The van der Waals surface area contributed by atoms with Gasteiger partial charge in [0, 0.05) is 13.1 Å². The molecule has 6 nitrogen and oxygen atoms in total. The highest BCUT2D eigenvalue weighted by Crippen LogP contribution is 2.21. The maximum absolute atomic E-state index is 11.6. The second-order valence-corrected chi connectivity index (χ2v) is 5.25. The van der Waals surface area contributed by atoms with Crippen LogP contribution < -0.4 is 10.5 Å². The van der Waals surface area contributed by atoms with Crippen LogP contribution >= 0.6 is 0 Å². The van der Waals surface area contributed by atoms with E-state index in [0.29, 0.717) is 23.8 Å². The van der Waals surface area contributed by atoms with E-state index in [1.54, 1.807) is 12.1 Å². The smallest absolute Gasteiger partial charge is 0.341 e. The first-order valence-corrected chi connectivity index (χ1v) is 7.46. The van der Waals surface area contributed by atoms with Crippen LogP contribution in [0.5, 0.6) is 5.75 Å². The van der Waals surface area contributed by atoms with E-state index in [2.05, 4.69) is 9.89 Å². The number of carbonyl (C=O) groups is 1. The number of aliphatic imine (C=N–C) groups is 1. The van der Waals surface area contributed by atoms with Crippen molar-refractivity contribution in [2.24, 2.45) is 10.7 Å². The number of carbonyl (C=O) groups excluding carboxylic acids is 1. The Morgan fingerprint density at radius 2 is 2.00 bits per heavy atom. The third kappa shape index (κ3) is 3.90. The summed E-state index contributed by atoms with van der Waals surface area (Å²) in [5.74, 6) is 0.645. The van der Waals surface area contributed by atoms with E-state index in [-0.39, 0.29) is 0 Å². The second kappa shape index (κ2) is 7.68. The van der Waals surface area contributed by atoms with Gasteiger partial charge in [0.25, 0.3) is 0 Å². The number of nitrogens with zero attached hydrogens (tertiary/aromatic N) is 2. The molecule has 0 unspecified atom stereocenters. The Kier molecular flexibility index (Phi) is 5.63. The van der Waals surface area contributed by atoms with Crippen molar-refractivity contribution in [3.8, 4) is 5.75 Å². The average Bonchev–Trinajstić information content (AvgIpc) is 2.59. The van der Waals surface area contributed by atoms with Crippen LogP contribution in [0.3, 0.4) is 0 Å². The van der Waals surface area contributed by atoms with Crippen LogP contribution in [0.15, 0.2) is 23.2 Å². The van der Waals surface area contributed by atoms with Gasteiger partial charge in [-0.1, -0.05) is 6.07 Å². The monoisotopic (exact) mass is 305 g/mol. The third-order valence-electron chi connectivity index (χ3n) is 3.77. The molecule has 0 saturated carbocycles. The molecule has 1 aliphatic heterocycles. The summed E-state index contributed by atoms with van der Waals surface area (Å²) >= 11 is 0. The number of ether oxygens (including phenoxy) is 2. The predicted octanol–water partition coefficient (Wildman–Crippen LogP) is 1.78. The lowest BCUT2D eigenvalue weighted by atomic mass is 10.1. The van der Waals surface area contributed by atoms with Gasteiger partial charge in [0.2, 0.25) is 0 Å². The molecule has 2 N–H and O–H groups in total. The van der Waals surface area contributed by atoms with E-state index >= 15 is 0 Å². The summed E-state index contributed by atoms with van der Waals surface area (Å²) in [6.45, 7) is 2.40. The largest absolute Gasteiger partial charge is 0.496 e. The Morgan fingerprint density at radius 1 is 1.27 bits per heavy atom. The Labute approximate surface area is 130 Å². The summed E-state index contributed by atoms with van der Waals surface area (Å²) in [5.41, 5.74) is 7.38. The molecule has 1 saturated heterocycles. The lowest BCUT2D eigenvalue weighted by molar-refractivity contribution is 0.0597. The number of esters is 1. The highest BCUT2D eigenvalue weighted by Gasteiger charge is 2.14. The van der Waals surface area contributed by atoms with Gasteiger partial charge in [-0.2, -0.15) is 0 Å². The first-order valence-electron chi connectivity index (χ1n) is 7.46. The highest BCUT2D eigenvalue weighted by atomic mass is 16.5. The Balaban J connectivity index is 2.07. The molecule has 0 radical (unpaired) electrons. The van der Waals surface area contributed by atoms with Crippen molar-refractivity contribution in [1.29, 1.82) is 0 Å². The summed E-state index contributed by atoms with van der Waals surface area (Å²) in [5, 5.41) is 0. The molecule has 0 spiro atoms. The zero-order chi connectivity index (χ0) is 15.9. The molecular weight excluding hydrogens is 282 g/mol. The molecule has 0 aliphatic carbocycles. The maximum Gasteiger partial charge on any atom is 0.341 e. The molecule has 0 bridgehead atoms. The second-order valence-electron chi connectivity index (χ2n) is 5.25. The minimum atomic E-state index is -0.417. The number of hydrogen-bond acceptors (Lipinski definition) is 4. The molecule has 1 heterocycles. The Hall–Kier alpha value is -2.24. The number of benzene rings is 1. The van der Waals surface area contributed by atoms with Gasteiger partial charge in [-0.15, -0.1) is 0 Å². The number of methoxy groups -OCH3 is 2. The molecule has 0 atom stereocenters. The van der Waals surface area contributed by atoms with Gasteiger partial charge in [-0.3, -0.25) is 0 Å². The normalized spacial score (nSPS) is 15.5. The summed E-state index contributed by atoms with van der Waals surface area (Å²) in [4.78, 5) is 18.2. The third-order valence-corrected chi connectivity index (χ3v) is 3.77. The van der Waals surface area contributed by atoms with Crippen molar-refractivity contribution in [3.05, 3.63) is 29.3 Å². The van der Waals surface area contributed by atoms with Crippen molar-refractivity contribution in [2.45, 2.75) is 25.8 Å². The summed E-state index contributed by atoms with van der Waals surface area (Å²) in [6.07, 6.45) is 3.59. The van der Waals surface area contributed by atoms with Crippen molar-refractivity contribution in [1.82, 2.24) is 4.90 Å². The number of piperidine rings is 1. The minimum absolute atomic E-state index is 0.404. The summed E-state index contributed by atoms with van der Waals surface area (Å²) in [6, 6.07) is 5.31. The van der Waals surface area contributed by atoms with Crippen LogP contribution in [0.2, 0.25) is 0 Å². The van der Waals surface area contributed by atoms with Gasteiger partial charge >= 0.3 is 5.97 Å². The first-order chi connectivity index (χ1) is 10.7. The number of guanidine groups is 1. The van der Waals surface area contributed by atoms with E-state index < -0.39 is 5.97 Å². The SMILES string of the molecule is COC(=O)c1ccc(CN=C(N)N2CCCCC2)cc1OC. The topological polar surface area (TPSA) is 77.1 Å². The highest BCUT2D eigenvalue weighted by molar-refractivity contribution is 5.92. The fraction of sp³-hybridized carbons (Fsp3) is 0.500. The number of nitrogens with two attached hydrogens (primary N) is 1. The van der Waals surface area contributed by atoms with E-state index in [1.165, 1.54) is 20.6 Å². The molecule has 22 heavy (non-hydrogen) atoms. The summed E-state index contributed by atoms with van der Waals surface area (Å²) < 4.78 is 9.96. The lowest BCUT2D eigenvalue weighted by Crippen LogP contribution is -2.40. The number of rotatable bonds is 4. The van der Waals surface area contributed by atoms with Crippen molar-refractivity contribution < 1.29 is 14.3 Å². The molecule has 1 fully saturated rings. The van der Waals surface area contributed by atoms with Gasteiger partial charge in [-0.05, 0) is 37.0 Å². The van der Waals surface area contributed by atoms with Crippen LogP contribution in [0.25, 0.3) is 0 Å². The van der Waals surface area contributed by atoms with Gasteiger partial charge in [-0.25, -0.2) is 9.79 Å². The van der Waals surface area contributed by atoms with Gasteiger partial charge in [0.05, 0.1) is 20.8 Å². The predicted molar refractivity (Wildman–Crippen MR) is 85.1 cm³/mol. The average molecular weight is 305 g/mol. The minimum Gasteiger partial charge on any atom is -0.496 e. The quantitative estimate of drug-likeness (QED) is 0.521. The van der Waals surface area contributed by atoms with E-state index in [9.17, 15) is 4.79 Å². The molecule has 0 amide bonds. The fourth-order valence-electron chi connectivity index (χ4n) is 2.51. The first kappa shape index (κ1) is 16.1. The molecule has 6 heteroatoms. The molecule has 120 valence electrons. The van der Waals surface area contributed by atoms with Gasteiger partial charge < -0.3 is 20.1 Å². The number of hydrogen-bond donors (Lipinski definition) is 1. The van der Waals surface area contributed by atoms with Crippen molar-refractivity contribution in [2.75, 3.05) is 27.3 Å². The lowest BCUT2D eigenvalue weighted by Gasteiger charge is -2.27. The molecule has 0 aromatic heterocycles. The summed E-state index contributed by atoms with van der Waals surface area (Å²) in [7, 11) is 2.87. The van der Waals surface area contributed by atoms with E-state index in [1.807, 2.05) is 6.07 Å². The van der Waals surface area contributed by atoms with Crippen LogP contribution in [-0.4, -0.2) is 44.1 Å². The maximum atomic E-state index is 11.6. The number of likely N-dealkylation sites (tertiary alicyclic amines) is 1. The zero-order valence-electron chi connectivity index (χ0n) is 13.2. The van der Waals surface area contributed by atoms with E-state index in [4.69, 9.17) is 15.2 Å². The molecule has 1 aliphatic rings. The van der Waals surface area contributed by atoms with Crippen molar-refractivity contribution in [3.63, 3.8) is 0 Å². The van der Waals surface area contributed by atoms with Crippen LogP contribution in [0.1, 0.15) is 35.2 Å². The Bertz CT molecular complexity index is 552. The van der Waals surface area contributed by atoms with Crippen molar-refractivity contribution >= 4 is 11.9 Å². The van der Waals surface area contributed by atoms with Crippen LogP contribution in [-0.2, 0) is 11.3 Å². The standard InChI is InChI=1S/C16H23N3O3/c1-21-14-10-12(6-7-13(14)15(20)22-2)11-18-16(17)19-8-4-3-5-9-19/h6-7,10H,3-5,8-9,11H2,1-2H3,(H2,17,18). The van der Waals surface area contributed by atoms with E-state index in [0.717, 1.165) is 31.5 Å². The molecule has 1 aromatic rings. The zero-order valence-corrected chi connectivity index (χ0v) is 13.2.